The standard InChI is InChI=1S/C14H18FN3O2/c1-8(2)16-10-4-3-9(15)7-12(10)18-14(20)11-5-6-13(19)17-11/h3-4,7-8,11,16H,5-6H2,1-2H3,(H,17,19)(H,18,20). The van der Waals surface area contributed by atoms with Crippen molar-refractivity contribution in [3.63, 3.8) is 0 Å². The van der Waals surface area contributed by atoms with Crippen LogP contribution in [0.1, 0.15) is 26.7 Å². The van der Waals surface area contributed by atoms with Crippen molar-refractivity contribution in [1.29, 1.82) is 0 Å². The topological polar surface area (TPSA) is 70.2 Å². The molecule has 1 atom stereocenters. The van der Waals surface area contributed by atoms with E-state index in [1.54, 1.807) is 6.07 Å². The molecule has 6 heteroatoms. The quantitative estimate of drug-likeness (QED) is 0.788. The van der Waals surface area contributed by atoms with E-state index in [0.29, 0.717) is 24.2 Å². The summed E-state index contributed by atoms with van der Waals surface area (Å²) in [5, 5.41) is 8.38. The third-order valence-corrected chi connectivity index (χ3v) is 3.00. The molecule has 0 bridgehead atoms. The normalized spacial score (nSPS) is 18.0. The monoisotopic (exact) mass is 279 g/mol. The molecule has 0 saturated carbocycles. The molecule has 0 radical (unpaired) electrons. The van der Waals surface area contributed by atoms with Crippen molar-refractivity contribution >= 4 is 23.2 Å². The molecule has 0 aliphatic carbocycles. The lowest BCUT2D eigenvalue weighted by molar-refractivity contribution is -0.122. The minimum Gasteiger partial charge on any atom is -0.381 e. The van der Waals surface area contributed by atoms with Crippen LogP contribution in [0.2, 0.25) is 0 Å². The highest BCUT2D eigenvalue weighted by Gasteiger charge is 2.27. The molecule has 5 nitrogen and oxygen atoms in total. The molecular weight excluding hydrogens is 261 g/mol. The van der Waals surface area contributed by atoms with Gasteiger partial charge in [0.1, 0.15) is 11.9 Å². The SMILES string of the molecule is CC(C)Nc1ccc(F)cc1NC(=O)C1CCC(=O)N1. The zero-order chi connectivity index (χ0) is 14.7. The van der Waals surface area contributed by atoms with Crippen LogP contribution in [0.25, 0.3) is 0 Å². The van der Waals surface area contributed by atoms with E-state index in [1.807, 2.05) is 13.8 Å². The van der Waals surface area contributed by atoms with Gasteiger partial charge in [-0.1, -0.05) is 0 Å². The Morgan fingerprint density at radius 1 is 1.40 bits per heavy atom. The van der Waals surface area contributed by atoms with Gasteiger partial charge in [0, 0.05) is 12.5 Å². The van der Waals surface area contributed by atoms with Gasteiger partial charge in [0.05, 0.1) is 11.4 Å². The van der Waals surface area contributed by atoms with Crippen molar-refractivity contribution in [2.45, 2.75) is 38.8 Å². The lowest BCUT2D eigenvalue weighted by Gasteiger charge is -2.17. The van der Waals surface area contributed by atoms with Crippen LogP contribution in [-0.4, -0.2) is 23.9 Å². The molecule has 1 aromatic carbocycles. The first-order valence-corrected chi connectivity index (χ1v) is 6.62. The Morgan fingerprint density at radius 3 is 2.75 bits per heavy atom. The minimum absolute atomic E-state index is 0.134. The fourth-order valence-electron chi connectivity index (χ4n) is 2.09. The zero-order valence-electron chi connectivity index (χ0n) is 11.5. The van der Waals surface area contributed by atoms with Crippen LogP contribution < -0.4 is 16.0 Å². The van der Waals surface area contributed by atoms with Gasteiger partial charge >= 0.3 is 0 Å². The number of carbonyl (C=O) groups is 2. The largest absolute Gasteiger partial charge is 0.381 e. The van der Waals surface area contributed by atoms with Gasteiger partial charge in [-0.25, -0.2) is 4.39 Å². The third-order valence-electron chi connectivity index (χ3n) is 3.00. The summed E-state index contributed by atoms with van der Waals surface area (Å²) < 4.78 is 13.3. The van der Waals surface area contributed by atoms with Crippen LogP contribution in [0.4, 0.5) is 15.8 Å². The van der Waals surface area contributed by atoms with Gasteiger partial charge in [-0.15, -0.1) is 0 Å². The van der Waals surface area contributed by atoms with Crippen molar-refractivity contribution in [1.82, 2.24) is 5.32 Å². The van der Waals surface area contributed by atoms with Crippen LogP contribution in [0.15, 0.2) is 18.2 Å². The molecule has 1 aromatic rings. The van der Waals surface area contributed by atoms with Gasteiger partial charge in [-0.2, -0.15) is 0 Å². The minimum atomic E-state index is -0.544. The van der Waals surface area contributed by atoms with E-state index in [-0.39, 0.29) is 17.9 Å². The second kappa shape index (κ2) is 5.90. The first-order chi connectivity index (χ1) is 9.45. The van der Waals surface area contributed by atoms with Crippen molar-refractivity contribution in [3.8, 4) is 0 Å². The van der Waals surface area contributed by atoms with E-state index in [0.717, 1.165) is 0 Å². The number of carbonyl (C=O) groups excluding carboxylic acids is 2. The van der Waals surface area contributed by atoms with E-state index in [4.69, 9.17) is 0 Å². The summed E-state index contributed by atoms with van der Waals surface area (Å²) in [6.45, 7) is 3.90. The number of anilines is 2. The first-order valence-electron chi connectivity index (χ1n) is 6.62. The second-order valence-corrected chi connectivity index (χ2v) is 5.14. The average Bonchev–Trinajstić information content (AvgIpc) is 2.79. The maximum Gasteiger partial charge on any atom is 0.247 e. The lowest BCUT2D eigenvalue weighted by atomic mass is 10.2. The third kappa shape index (κ3) is 3.46. The fourth-order valence-corrected chi connectivity index (χ4v) is 2.09. The Labute approximate surface area is 116 Å². The Balaban J connectivity index is 2.13. The number of benzene rings is 1. The molecule has 0 spiro atoms. The predicted molar refractivity (Wildman–Crippen MR) is 75.0 cm³/mol. The van der Waals surface area contributed by atoms with Gasteiger partial charge < -0.3 is 16.0 Å². The maximum absolute atomic E-state index is 13.3. The Bertz CT molecular complexity index is 531. The molecule has 1 fully saturated rings. The molecule has 1 heterocycles. The Hall–Kier alpha value is -2.11. The summed E-state index contributed by atoms with van der Waals surface area (Å²) in [6.07, 6.45) is 0.811. The summed E-state index contributed by atoms with van der Waals surface area (Å²) in [5.41, 5.74) is 1.03. The van der Waals surface area contributed by atoms with E-state index < -0.39 is 11.9 Å². The molecule has 20 heavy (non-hydrogen) atoms. The van der Waals surface area contributed by atoms with Crippen LogP contribution in [0, 0.1) is 5.82 Å². The van der Waals surface area contributed by atoms with Crippen molar-refractivity contribution in [2.75, 3.05) is 10.6 Å². The van der Waals surface area contributed by atoms with E-state index in [1.165, 1.54) is 12.1 Å². The van der Waals surface area contributed by atoms with Gasteiger partial charge in [-0.05, 0) is 38.5 Å². The number of rotatable bonds is 4. The molecule has 3 N–H and O–H groups in total. The highest BCUT2D eigenvalue weighted by molar-refractivity contribution is 6.00. The summed E-state index contributed by atoms with van der Waals surface area (Å²) in [6, 6.07) is 3.79. The number of amides is 2. The van der Waals surface area contributed by atoms with E-state index in [9.17, 15) is 14.0 Å². The van der Waals surface area contributed by atoms with Crippen LogP contribution in [-0.2, 0) is 9.59 Å². The molecule has 2 amide bonds. The second-order valence-electron chi connectivity index (χ2n) is 5.14. The summed E-state index contributed by atoms with van der Waals surface area (Å²) in [7, 11) is 0. The van der Waals surface area contributed by atoms with E-state index >= 15 is 0 Å². The van der Waals surface area contributed by atoms with Crippen LogP contribution in [0.5, 0.6) is 0 Å². The number of nitrogens with one attached hydrogen (secondary N) is 3. The Morgan fingerprint density at radius 2 is 2.15 bits per heavy atom. The summed E-state index contributed by atoms with van der Waals surface area (Å²) in [5.74, 6) is -0.886. The highest BCUT2D eigenvalue weighted by Crippen LogP contribution is 2.24. The molecule has 2 rings (SSSR count). The smallest absolute Gasteiger partial charge is 0.247 e. The highest BCUT2D eigenvalue weighted by atomic mass is 19.1. The molecular formula is C14H18FN3O2. The summed E-state index contributed by atoms with van der Waals surface area (Å²) >= 11 is 0. The number of halogens is 1. The van der Waals surface area contributed by atoms with E-state index in [2.05, 4.69) is 16.0 Å². The number of hydrogen-bond acceptors (Lipinski definition) is 3. The molecule has 108 valence electrons. The van der Waals surface area contributed by atoms with Crippen molar-refractivity contribution < 1.29 is 14.0 Å². The van der Waals surface area contributed by atoms with Crippen LogP contribution >= 0.6 is 0 Å². The average molecular weight is 279 g/mol. The van der Waals surface area contributed by atoms with Gasteiger partial charge in [0.25, 0.3) is 0 Å². The molecule has 1 saturated heterocycles. The Kier molecular flexibility index (Phi) is 4.22. The fraction of sp³-hybridized carbons (Fsp3) is 0.429. The maximum atomic E-state index is 13.3. The first kappa shape index (κ1) is 14.3. The lowest BCUT2D eigenvalue weighted by Crippen LogP contribution is -2.37. The molecule has 1 aliphatic heterocycles. The molecule has 0 aromatic heterocycles. The van der Waals surface area contributed by atoms with Gasteiger partial charge in [0.15, 0.2) is 0 Å². The van der Waals surface area contributed by atoms with Gasteiger partial charge in [-0.3, -0.25) is 9.59 Å². The molecule has 1 unspecified atom stereocenters. The van der Waals surface area contributed by atoms with Crippen molar-refractivity contribution in [3.05, 3.63) is 24.0 Å². The molecule has 1 aliphatic rings. The van der Waals surface area contributed by atoms with Crippen molar-refractivity contribution in [2.24, 2.45) is 0 Å². The van der Waals surface area contributed by atoms with Crippen LogP contribution in [0.3, 0.4) is 0 Å². The summed E-state index contributed by atoms with van der Waals surface area (Å²) in [4.78, 5) is 23.1. The zero-order valence-corrected chi connectivity index (χ0v) is 11.5. The van der Waals surface area contributed by atoms with Gasteiger partial charge in [0.2, 0.25) is 11.8 Å². The number of hydrogen-bond donors (Lipinski definition) is 3. The predicted octanol–water partition coefficient (Wildman–Crippen LogP) is 1.86.